The van der Waals surface area contributed by atoms with E-state index >= 15 is 4.39 Å². The number of amides is 4. The van der Waals surface area contributed by atoms with Gasteiger partial charge in [0.2, 0.25) is 11.8 Å². The second kappa shape index (κ2) is 13.0. The van der Waals surface area contributed by atoms with Gasteiger partial charge in [-0.2, -0.15) is 11.8 Å². The monoisotopic (exact) mass is 679 g/mol. The average Bonchev–Trinajstić information content (AvgIpc) is 3.70. The Hall–Kier alpha value is -1.60. The van der Waals surface area contributed by atoms with Crippen LogP contribution < -0.4 is 21.3 Å². The van der Waals surface area contributed by atoms with Crippen molar-refractivity contribution in [1.82, 2.24) is 36.0 Å². The Labute approximate surface area is 281 Å². The van der Waals surface area contributed by atoms with E-state index in [1.54, 1.807) is 11.8 Å². The quantitative estimate of drug-likeness (QED) is 0.268. The predicted octanol–water partition coefficient (Wildman–Crippen LogP) is 2.48. The van der Waals surface area contributed by atoms with Crippen LogP contribution in [0.4, 0.5) is 9.18 Å². The van der Waals surface area contributed by atoms with Crippen LogP contribution in [-0.2, 0) is 9.59 Å². The Balaban J connectivity index is 1.27. The molecule has 7 fully saturated rings. The number of nitrogens with one attached hydrogen (secondary N) is 4. The Bertz CT molecular complexity index is 1220. The summed E-state index contributed by atoms with van der Waals surface area (Å²) in [6.07, 6.45) is 3.48. The maximum atomic E-state index is 16.0. The zero-order chi connectivity index (χ0) is 32.4. The van der Waals surface area contributed by atoms with Crippen LogP contribution in [0, 0.1) is 23.7 Å². The van der Waals surface area contributed by atoms with Crippen LogP contribution in [0.2, 0.25) is 0 Å². The fourth-order valence-electron chi connectivity index (χ4n) is 10.1. The van der Waals surface area contributed by atoms with E-state index in [1.807, 2.05) is 4.90 Å². The standard InChI is InChI=1S/C33H51ClFN7O3S/c1-5-24(44)40-12-13-41(29-17(4)28(29)40)31-18-15-19(34)27-25-20(35)7-6-8-21(25)37-23(43)10-14-46-22-9-11-36-26(16(2)3)30(22)42(32(18)38-27)33(45)39-31/h5,16-22,25-32,36,38H,1,6-15H2,2-4H3,(H,37,43)(H,39,45)/t17-,18?,19?,20?,21?,22?,25?,26?,27?,28+,29-,30?,31?,32?/m1/s1. The van der Waals surface area contributed by atoms with Crippen molar-refractivity contribution < 1.29 is 18.8 Å². The maximum Gasteiger partial charge on any atom is 0.320 e. The summed E-state index contributed by atoms with van der Waals surface area (Å²) in [4.78, 5) is 46.9. The van der Waals surface area contributed by atoms with Gasteiger partial charge in [-0.3, -0.25) is 19.8 Å². The summed E-state index contributed by atoms with van der Waals surface area (Å²) in [5.74, 6) is 0.625. The first-order chi connectivity index (χ1) is 22.1. The minimum Gasteiger partial charge on any atom is -0.353 e. The highest BCUT2D eigenvalue weighted by molar-refractivity contribution is 8.00. The van der Waals surface area contributed by atoms with Crippen LogP contribution in [0.25, 0.3) is 0 Å². The summed E-state index contributed by atoms with van der Waals surface area (Å²) < 4.78 is 16.0. The van der Waals surface area contributed by atoms with Gasteiger partial charge in [0.05, 0.1) is 24.4 Å². The molecule has 5 heterocycles. The molecule has 7 rings (SSSR count). The van der Waals surface area contributed by atoms with E-state index in [0.29, 0.717) is 38.1 Å². The van der Waals surface area contributed by atoms with Crippen molar-refractivity contribution in [2.75, 3.05) is 25.4 Å². The number of thioether (sulfide) groups is 1. The van der Waals surface area contributed by atoms with Crippen LogP contribution in [0.3, 0.4) is 0 Å². The average molecular weight is 680 g/mol. The third kappa shape index (κ3) is 5.65. The molecule has 0 aromatic carbocycles. The lowest BCUT2D eigenvalue weighted by Gasteiger charge is -2.59. The lowest BCUT2D eigenvalue weighted by atomic mass is 9.73. The molecular formula is C33H51ClFN7O3S. The van der Waals surface area contributed by atoms with Gasteiger partial charge >= 0.3 is 6.03 Å². The van der Waals surface area contributed by atoms with E-state index < -0.39 is 18.1 Å². The Kier molecular flexibility index (Phi) is 9.32. The van der Waals surface area contributed by atoms with Gasteiger partial charge in [0.25, 0.3) is 0 Å². The van der Waals surface area contributed by atoms with Gasteiger partial charge in [0.1, 0.15) is 6.17 Å². The molecule has 2 bridgehead atoms. The highest BCUT2D eigenvalue weighted by atomic mass is 35.5. The fourth-order valence-corrected chi connectivity index (χ4v) is 11.9. The minimum absolute atomic E-state index is 0.0285. The summed E-state index contributed by atoms with van der Waals surface area (Å²) in [6, 6.07) is -0.604. The Morgan fingerprint density at radius 2 is 1.91 bits per heavy atom. The lowest BCUT2D eigenvalue weighted by molar-refractivity contribution is -0.129. The predicted molar refractivity (Wildman–Crippen MR) is 178 cm³/mol. The van der Waals surface area contributed by atoms with Gasteiger partial charge in [-0.15, -0.1) is 11.6 Å². The largest absolute Gasteiger partial charge is 0.353 e. The van der Waals surface area contributed by atoms with E-state index in [1.165, 1.54) is 6.08 Å². The van der Waals surface area contributed by atoms with Crippen LogP contribution in [0.5, 0.6) is 0 Å². The number of hydrogen-bond donors (Lipinski definition) is 4. The number of fused-ring (bicyclic) bond motifs is 6. The summed E-state index contributed by atoms with van der Waals surface area (Å²) >= 11 is 9.11. The van der Waals surface area contributed by atoms with Crippen molar-refractivity contribution in [2.24, 2.45) is 23.7 Å². The summed E-state index contributed by atoms with van der Waals surface area (Å²) in [7, 11) is 0. The van der Waals surface area contributed by atoms with Crippen molar-refractivity contribution >= 4 is 41.2 Å². The molecule has 4 N–H and O–H groups in total. The van der Waals surface area contributed by atoms with E-state index in [2.05, 4.69) is 58.4 Å². The number of carbonyl (C=O) groups is 3. The third-order valence-electron chi connectivity index (χ3n) is 12.2. The van der Waals surface area contributed by atoms with Gasteiger partial charge < -0.3 is 25.8 Å². The molecule has 7 aliphatic rings. The Morgan fingerprint density at radius 3 is 2.67 bits per heavy atom. The zero-order valence-corrected chi connectivity index (χ0v) is 28.8. The molecule has 0 aromatic heterocycles. The molecule has 5 saturated heterocycles. The normalized spacial score (nSPS) is 46.3. The molecule has 2 saturated carbocycles. The number of carbonyl (C=O) groups excluding carboxylic acids is 3. The zero-order valence-electron chi connectivity index (χ0n) is 27.2. The number of rotatable bonds is 3. The van der Waals surface area contributed by atoms with Crippen LogP contribution in [0.15, 0.2) is 12.7 Å². The van der Waals surface area contributed by atoms with Gasteiger partial charge in [-0.05, 0) is 56.6 Å². The maximum absolute atomic E-state index is 16.0. The number of halogens is 2. The number of alkyl halides is 2. The molecule has 46 heavy (non-hydrogen) atoms. The molecule has 13 heteroatoms. The van der Waals surface area contributed by atoms with Crippen molar-refractivity contribution in [1.29, 1.82) is 0 Å². The SMILES string of the molecule is C=CC(=O)N1CCN(C2NC(=O)N3C4NC(C(Cl)CC42)C2C(F)CCCC2NC(=O)CCSC2CCNC(C(C)C)C23)[C@@H]2[C@H](C)[C@@H]21. The Morgan fingerprint density at radius 1 is 1.11 bits per heavy atom. The van der Waals surface area contributed by atoms with E-state index in [9.17, 15) is 14.4 Å². The van der Waals surface area contributed by atoms with E-state index in [-0.39, 0.29) is 88.8 Å². The van der Waals surface area contributed by atoms with E-state index in [0.717, 1.165) is 25.8 Å². The van der Waals surface area contributed by atoms with Crippen molar-refractivity contribution in [2.45, 2.75) is 125 Å². The van der Waals surface area contributed by atoms with Gasteiger partial charge in [-0.25, -0.2) is 9.18 Å². The number of piperidine rings is 2. The van der Waals surface area contributed by atoms with Crippen molar-refractivity contribution in [3.05, 3.63) is 12.7 Å². The van der Waals surface area contributed by atoms with Gasteiger partial charge in [-0.1, -0.05) is 27.4 Å². The van der Waals surface area contributed by atoms with Crippen LogP contribution in [-0.4, -0.2) is 123 Å². The summed E-state index contributed by atoms with van der Waals surface area (Å²) in [6.45, 7) is 12.4. The molecule has 5 aliphatic heterocycles. The van der Waals surface area contributed by atoms with E-state index in [4.69, 9.17) is 11.6 Å². The molecule has 2 aliphatic carbocycles. The molecule has 256 valence electrons. The highest BCUT2D eigenvalue weighted by Crippen LogP contribution is 2.48. The third-order valence-corrected chi connectivity index (χ3v) is 14.0. The number of piperazine rings is 1. The molecule has 11 unspecified atom stereocenters. The minimum atomic E-state index is -1.09. The molecule has 4 amide bonds. The van der Waals surface area contributed by atoms with Gasteiger partial charge in [0.15, 0.2) is 0 Å². The van der Waals surface area contributed by atoms with Crippen molar-refractivity contribution in [3.8, 4) is 0 Å². The van der Waals surface area contributed by atoms with Crippen LogP contribution in [0.1, 0.15) is 59.3 Å². The second-order valence-corrected chi connectivity index (χ2v) is 16.9. The topological polar surface area (TPSA) is 109 Å². The summed E-state index contributed by atoms with van der Waals surface area (Å²) in [5.41, 5.74) is 0. The first-order valence-electron chi connectivity index (χ1n) is 17.6. The number of hydrogen-bond acceptors (Lipinski definition) is 7. The smallest absolute Gasteiger partial charge is 0.320 e. The molecule has 0 spiro atoms. The molecule has 0 radical (unpaired) electrons. The first-order valence-corrected chi connectivity index (χ1v) is 19.0. The first kappa shape index (κ1) is 32.9. The molecule has 14 atom stereocenters. The fraction of sp³-hybridized carbons (Fsp3) is 0.848. The molecule has 0 aromatic rings. The van der Waals surface area contributed by atoms with Gasteiger partial charge in [0, 0.05) is 71.9 Å². The number of nitrogens with zero attached hydrogens (tertiary/aromatic N) is 3. The van der Waals surface area contributed by atoms with Crippen molar-refractivity contribution in [3.63, 3.8) is 0 Å². The number of urea groups is 1. The molecule has 10 nitrogen and oxygen atoms in total. The highest BCUT2D eigenvalue weighted by Gasteiger charge is 2.63. The second-order valence-electron chi connectivity index (χ2n) is 15.0. The summed E-state index contributed by atoms with van der Waals surface area (Å²) in [5, 5.41) is 14.1. The lowest BCUT2D eigenvalue weighted by Crippen LogP contribution is -2.80. The van der Waals surface area contributed by atoms with Crippen LogP contribution >= 0.6 is 23.4 Å². The molecular weight excluding hydrogens is 629 g/mol.